The molecule has 1 aromatic carbocycles. The second-order valence-corrected chi connectivity index (χ2v) is 4.09. The maximum atomic E-state index is 11.3. The number of hydrogen-bond acceptors (Lipinski definition) is 5. The predicted octanol–water partition coefficient (Wildman–Crippen LogP) is 2.77. The largest absolute Gasteiger partial charge is 0.437 e. The maximum absolute atomic E-state index is 11.3. The summed E-state index contributed by atoms with van der Waals surface area (Å²) in [6.45, 7) is 0. The Morgan fingerprint density at radius 2 is 2.20 bits per heavy atom. The molecule has 1 amide bonds. The van der Waals surface area contributed by atoms with Crippen molar-refractivity contribution in [3.63, 3.8) is 0 Å². The molecule has 0 spiro atoms. The highest BCUT2D eigenvalue weighted by Gasteiger charge is 2.04. The van der Waals surface area contributed by atoms with Crippen LogP contribution >= 0.6 is 11.6 Å². The van der Waals surface area contributed by atoms with E-state index in [0.29, 0.717) is 11.4 Å². The van der Waals surface area contributed by atoms with Gasteiger partial charge in [0.2, 0.25) is 11.8 Å². The lowest BCUT2D eigenvalue weighted by Crippen LogP contribution is -2.09. The van der Waals surface area contributed by atoms with Crippen molar-refractivity contribution in [3.8, 4) is 17.7 Å². The number of hydrogen-bond donors (Lipinski definition) is 1. The number of aromatic nitrogens is 2. The number of anilines is 1. The fourth-order valence-electron chi connectivity index (χ4n) is 1.39. The Morgan fingerprint density at radius 1 is 1.35 bits per heavy atom. The molecule has 0 saturated heterocycles. The van der Waals surface area contributed by atoms with Gasteiger partial charge in [-0.05, 0) is 18.2 Å². The van der Waals surface area contributed by atoms with Gasteiger partial charge in [0.25, 0.3) is 0 Å². The monoisotopic (exact) mass is 288 g/mol. The Morgan fingerprint density at radius 3 is 2.90 bits per heavy atom. The molecule has 6 nitrogen and oxygen atoms in total. The summed E-state index contributed by atoms with van der Waals surface area (Å²) in [7, 11) is 0. The number of amides is 1. The van der Waals surface area contributed by atoms with Crippen LogP contribution in [0.25, 0.3) is 0 Å². The van der Waals surface area contributed by atoms with Crippen LogP contribution in [0.15, 0.2) is 36.4 Å². The fraction of sp³-hybridized carbons (Fsp3) is 0.0769. The molecule has 1 N–H and O–H groups in total. The lowest BCUT2D eigenvalue weighted by molar-refractivity contribution is -0.115. The van der Waals surface area contributed by atoms with Crippen molar-refractivity contribution in [2.75, 3.05) is 5.32 Å². The Labute approximate surface area is 120 Å². The van der Waals surface area contributed by atoms with Crippen molar-refractivity contribution in [2.24, 2.45) is 0 Å². The normalized spacial score (nSPS) is 9.60. The number of halogens is 1. The number of nitriles is 1. The number of carbonyl (C=O) groups is 1. The molecule has 0 fully saturated rings. The van der Waals surface area contributed by atoms with Crippen molar-refractivity contribution >= 4 is 23.2 Å². The number of nitrogens with zero attached hydrogens (tertiary/aromatic N) is 3. The first-order chi connectivity index (χ1) is 9.67. The van der Waals surface area contributed by atoms with E-state index in [4.69, 9.17) is 21.6 Å². The number of benzene rings is 1. The zero-order valence-corrected chi connectivity index (χ0v) is 11.0. The molecule has 0 bridgehead atoms. The van der Waals surface area contributed by atoms with Gasteiger partial charge in [-0.3, -0.25) is 4.79 Å². The number of ether oxygens (including phenoxy) is 1. The first-order valence-electron chi connectivity index (χ1n) is 5.61. The first kappa shape index (κ1) is 13.8. The van der Waals surface area contributed by atoms with Crippen LogP contribution in [-0.4, -0.2) is 16.1 Å². The number of nitrogens with one attached hydrogen (secondary N) is 1. The molecule has 2 rings (SSSR count). The number of carbonyl (C=O) groups excluding carboxylic acids is 1. The molecule has 1 aromatic heterocycles. The third-order valence-corrected chi connectivity index (χ3v) is 2.39. The van der Waals surface area contributed by atoms with E-state index in [1.165, 1.54) is 0 Å². The van der Waals surface area contributed by atoms with Gasteiger partial charge in [0.15, 0.2) is 5.15 Å². The van der Waals surface area contributed by atoms with Gasteiger partial charge in [-0.1, -0.05) is 17.7 Å². The molecular formula is C13H9ClN4O2. The molecule has 0 aliphatic carbocycles. The summed E-state index contributed by atoms with van der Waals surface area (Å²) < 4.78 is 5.47. The Bertz CT molecular complexity index is 652. The van der Waals surface area contributed by atoms with Crippen molar-refractivity contribution in [2.45, 2.75) is 6.42 Å². The van der Waals surface area contributed by atoms with Gasteiger partial charge in [0.1, 0.15) is 12.2 Å². The summed E-state index contributed by atoms with van der Waals surface area (Å²) in [6.07, 6.45) is -0.201. The van der Waals surface area contributed by atoms with Crippen LogP contribution in [0.1, 0.15) is 6.42 Å². The summed E-state index contributed by atoms with van der Waals surface area (Å²) >= 11 is 5.62. The van der Waals surface area contributed by atoms with E-state index in [1.54, 1.807) is 42.5 Å². The lowest BCUT2D eigenvalue weighted by Gasteiger charge is -2.07. The van der Waals surface area contributed by atoms with Gasteiger partial charge in [-0.25, -0.2) is 0 Å². The smallest absolute Gasteiger partial charge is 0.238 e. The van der Waals surface area contributed by atoms with Crippen LogP contribution < -0.4 is 10.1 Å². The van der Waals surface area contributed by atoms with Gasteiger partial charge in [-0.15, -0.1) is 10.2 Å². The van der Waals surface area contributed by atoms with Crippen LogP contribution in [0.3, 0.4) is 0 Å². The van der Waals surface area contributed by atoms with Crippen LogP contribution in [0.2, 0.25) is 5.15 Å². The summed E-state index contributed by atoms with van der Waals surface area (Å²) in [5, 5.41) is 18.7. The van der Waals surface area contributed by atoms with E-state index in [-0.39, 0.29) is 23.4 Å². The highest BCUT2D eigenvalue weighted by atomic mass is 35.5. The third-order valence-electron chi connectivity index (χ3n) is 2.19. The van der Waals surface area contributed by atoms with Crippen LogP contribution in [0.5, 0.6) is 11.6 Å². The molecule has 0 radical (unpaired) electrons. The van der Waals surface area contributed by atoms with Gasteiger partial charge in [0.05, 0.1) is 6.07 Å². The molecule has 0 aliphatic heterocycles. The van der Waals surface area contributed by atoms with E-state index >= 15 is 0 Å². The molecule has 0 aliphatic rings. The van der Waals surface area contributed by atoms with Crippen molar-refractivity contribution < 1.29 is 9.53 Å². The SMILES string of the molecule is N#CCC(=O)Nc1cccc(Oc2ccc(Cl)nn2)c1. The lowest BCUT2D eigenvalue weighted by atomic mass is 10.3. The van der Waals surface area contributed by atoms with Gasteiger partial charge >= 0.3 is 0 Å². The molecule has 20 heavy (non-hydrogen) atoms. The summed E-state index contributed by atoms with van der Waals surface area (Å²) in [5.41, 5.74) is 0.532. The van der Waals surface area contributed by atoms with E-state index in [0.717, 1.165) is 0 Å². The molecule has 100 valence electrons. The molecule has 7 heteroatoms. The fourth-order valence-corrected chi connectivity index (χ4v) is 1.49. The average Bonchev–Trinajstić information content (AvgIpc) is 2.42. The van der Waals surface area contributed by atoms with Crippen molar-refractivity contribution in [1.82, 2.24) is 10.2 Å². The van der Waals surface area contributed by atoms with E-state index in [2.05, 4.69) is 15.5 Å². The average molecular weight is 289 g/mol. The van der Waals surface area contributed by atoms with Gasteiger partial charge < -0.3 is 10.1 Å². The van der Waals surface area contributed by atoms with Crippen molar-refractivity contribution in [3.05, 3.63) is 41.6 Å². The summed E-state index contributed by atoms with van der Waals surface area (Å²) in [4.78, 5) is 11.3. The van der Waals surface area contributed by atoms with Crippen LogP contribution in [0.4, 0.5) is 5.69 Å². The summed E-state index contributed by atoms with van der Waals surface area (Å²) in [5.74, 6) is 0.391. The highest BCUT2D eigenvalue weighted by molar-refractivity contribution is 6.29. The van der Waals surface area contributed by atoms with Crippen molar-refractivity contribution in [1.29, 1.82) is 5.26 Å². The van der Waals surface area contributed by atoms with Crippen LogP contribution in [0, 0.1) is 11.3 Å². The Balaban J connectivity index is 2.08. The Hall–Kier alpha value is -2.65. The molecule has 0 unspecified atom stereocenters. The topological polar surface area (TPSA) is 87.9 Å². The molecule has 2 aromatic rings. The first-order valence-corrected chi connectivity index (χ1v) is 5.99. The predicted molar refractivity (Wildman–Crippen MR) is 72.4 cm³/mol. The van der Waals surface area contributed by atoms with Crippen LogP contribution in [-0.2, 0) is 4.79 Å². The molecule has 0 atom stereocenters. The molecular weight excluding hydrogens is 280 g/mol. The number of rotatable bonds is 4. The van der Waals surface area contributed by atoms with Gasteiger partial charge in [-0.2, -0.15) is 5.26 Å². The zero-order valence-electron chi connectivity index (χ0n) is 10.2. The second kappa shape index (κ2) is 6.50. The van der Waals surface area contributed by atoms with E-state index in [9.17, 15) is 4.79 Å². The van der Waals surface area contributed by atoms with E-state index < -0.39 is 0 Å². The highest BCUT2D eigenvalue weighted by Crippen LogP contribution is 2.22. The standard InChI is InChI=1S/C13H9ClN4O2/c14-11-4-5-13(18-17-11)20-10-3-1-2-9(8-10)16-12(19)6-7-15/h1-5,8H,6H2,(H,16,19). The molecule has 1 heterocycles. The van der Waals surface area contributed by atoms with E-state index in [1.807, 2.05) is 0 Å². The quantitative estimate of drug-likeness (QED) is 0.934. The zero-order chi connectivity index (χ0) is 14.4. The Kier molecular flexibility index (Phi) is 4.47. The minimum atomic E-state index is -0.379. The summed E-state index contributed by atoms with van der Waals surface area (Å²) in [6, 6.07) is 11.6. The maximum Gasteiger partial charge on any atom is 0.238 e. The van der Waals surface area contributed by atoms with Gasteiger partial charge in [0, 0.05) is 17.8 Å². The third kappa shape index (κ3) is 3.93. The minimum Gasteiger partial charge on any atom is -0.437 e. The molecule has 0 saturated carbocycles. The second-order valence-electron chi connectivity index (χ2n) is 3.71. The minimum absolute atomic E-state index is 0.201.